The zero-order valence-electron chi connectivity index (χ0n) is 10.6. The molecule has 1 aliphatic rings. The second-order valence-electron chi connectivity index (χ2n) is 4.38. The Kier molecular flexibility index (Phi) is 4.09. The van der Waals surface area contributed by atoms with Crippen LogP contribution < -0.4 is 16.0 Å². The van der Waals surface area contributed by atoms with Gasteiger partial charge in [-0.2, -0.15) is 0 Å². The van der Waals surface area contributed by atoms with Gasteiger partial charge in [-0.15, -0.1) is 0 Å². The van der Waals surface area contributed by atoms with Gasteiger partial charge in [0, 0.05) is 31.5 Å². The number of hydrogen-bond donors (Lipinski definition) is 2. The van der Waals surface area contributed by atoms with Gasteiger partial charge in [0.05, 0.1) is 0 Å². The summed E-state index contributed by atoms with van der Waals surface area (Å²) in [5.41, 5.74) is 5.61. The third-order valence-electron chi connectivity index (χ3n) is 3.24. The Bertz CT molecular complexity index is 417. The standard InChI is InChI=1S/C12H19N5O/c1-2-17(9-4-3-5-14-8-9)12-10(11(13)18)15-6-7-16-12/h6-7,9,14H,2-5,8H2,1H3,(H2,13,18). The molecule has 1 atom stereocenters. The fourth-order valence-electron chi connectivity index (χ4n) is 2.40. The van der Waals surface area contributed by atoms with Crippen LogP contribution in [0.1, 0.15) is 30.3 Å². The number of piperidine rings is 1. The summed E-state index contributed by atoms with van der Waals surface area (Å²) >= 11 is 0. The first-order chi connectivity index (χ1) is 8.74. The van der Waals surface area contributed by atoms with E-state index in [1.54, 1.807) is 6.20 Å². The van der Waals surface area contributed by atoms with Crippen molar-refractivity contribution in [2.45, 2.75) is 25.8 Å². The molecule has 1 aliphatic heterocycles. The number of rotatable bonds is 4. The molecule has 6 nitrogen and oxygen atoms in total. The number of nitrogens with two attached hydrogens (primary N) is 1. The molecule has 3 N–H and O–H groups in total. The van der Waals surface area contributed by atoms with E-state index in [1.165, 1.54) is 6.20 Å². The van der Waals surface area contributed by atoms with E-state index in [-0.39, 0.29) is 5.69 Å². The highest BCUT2D eigenvalue weighted by Gasteiger charge is 2.24. The molecule has 2 rings (SSSR count). The van der Waals surface area contributed by atoms with Gasteiger partial charge >= 0.3 is 0 Å². The van der Waals surface area contributed by atoms with Crippen LogP contribution in [0.4, 0.5) is 5.82 Å². The number of nitrogens with one attached hydrogen (secondary N) is 1. The lowest BCUT2D eigenvalue weighted by atomic mass is 10.1. The van der Waals surface area contributed by atoms with Gasteiger partial charge in [0.1, 0.15) is 0 Å². The first-order valence-electron chi connectivity index (χ1n) is 6.32. The van der Waals surface area contributed by atoms with Gasteiger partial charge in [0.25, 0.3) is 5.91 Å². The van der Waals surface area contributed by atoms with Gasteiger partial charge in [-0.3, -0.25) is 4.79 Å². The second-order valence-corrected chi connectivity index (χ2v) is 4.38. The molecule has 2 heterocycles. The molecule has 6 heteroatoms. The molecule has 1 aromatic rings. The van der Waals surface area contributed by atoms with Crippen LogP contribution in [0, 0.1) is 0 Å². The van der Waals surface area contributed by atoms with Crippen molar-refractivity contribution in [1.82, 2.24) is 15.3 Å². The molecule has 0 aromatic carbocycles. The number of carbonyl (C=O) groups is 1. The summed E-state index contributed by atoms with van der Waals surface area (Å²) in [5.74, 6) is 0.0709. The van der Waals surface area contributed by atoms with E-state index >= 15 is 0 Å². The SMILES string of the molecule is CCN(c1nccnc1C(N)=O)C1CCCNC1. The van der Waals surface area contributed by atoms with Crippen molar-refractivity contribution < 1.29 is 4.79 Å². The maximum Gasteiger partial charge on any atom is 0.271 e. The zero-order valence-corrected chi connectivity index (χ0v) is 10.6. The Labute approximate surface area is 107 Å². The van der Waals surface area contributed by atoms with Crippen molar-refractivity contribution in [2.24, 2.45) is 5.73 Å². The fourth-order valence-corrected chi connectivity index (χ4v) is 2.40. The molecule has 0 saturated carbocycles. The number of nitrogens with zero attached hydrogens (tertiary/aromatic N) is 3. The van der Waals surface area contributed by atoms with Crippen LogP contribution >= 0.6 is 0 Å². The van der Waals surface area contributed by atoms with Gasteiger partial charge in [-0.1, -0.05) is 0 Å². The fraction of sp³-hybridized carbons (Fsp3) is 0.583. The Morgan fingerprint density at radius 2 is 2.33 bits per heavy atom. The lowest BCUT2D eigenvalue weighted by Crippen LogP contribution is -2.47. The van der Waals surface area contributed by atoms with Crippen LogP contribution in [-0.4, -0.2) is 41.6 Å². The number of primary amides is 1. The number of hydrogen-bond acceptors (Lipinski definition) is 5. The highest BCUT2D eigenvalue weighted by molar-refractivity contribution is 5.95. The molecular weight excluding hydrogens is 230 g/mol. The third kappa shape index (κ3) is 2.59. The maximum absolute atomic E-state index is 11.4. The average Bonchev–Trinajstić information content (AvgIpc) is 2.41. The van der Waals surface area contributed by atoms with Crippen molar-refractivity contribution >= 4 is 11.7 Å². The summed E-state index contributed by atoms with van der Waals surface area (Å²) in [6.45, 7) is 4.79. The monoisotopic (exact) mass is 249 g/mol. The van der Waals surface area contributed by atoms with Crippen LogP contribution in [-0.2, 0) is 0 Å². The van der Waals surface area contributed by atoms with E-state index in [9.17, 15) is 4.79 Å². The van der Waals surface area contributed by atoms with Crippen molar-refractivity contribution in [3.63, 3.8) is 0 Å². The summed E-state index contributed by atoms with van der Waals surface area (Å²) in [6, 6.07) is 0.346. The molecule has 1 unspecified atom stereocenters. The van der Waals surface area contributed by atoms with Crippen LogP contribution in [0.3, 0.4) is 0 Å². The van der Waals surface area contributed by atoms with Crippen LogP contribution in [0.25, 0.3) is 0 Å². The third-order valence-corrected chi connectivity index (χ3v) is 3.24. The predicted molar refractivity (Wildman–Crippen MR) is 69.5 cm³/mol. The summed E-state index contributed by atoms with van der Waals surface area (Å²) in [4.78, 5) is 21.8. The van der Waals surface area contributed by atoms with E-state index in [4.69, 9.17) is 5.73 Å². The normalized spacial score (nSPS) is 19.5. The summed E-state index contributed by atoms with van der Waals surface area (Å²) in [7, 11) is 0. The van der Waals surface area contributed by atoms with Crippen LogP contribution in [0.2, 0.25) is 0 Å². The number of likely N-dealkylation sites (N-methyl/N-ethyl adjacent to an activating group) is 1. The minimum atomic E-state index is -0.527. The van der Waals surface area contributed by atoms with Crippen molar-refractivity contribution in [2.75, 3.05) is 24.5 Å². The summed E-state index contributed by atoms with van der Waals surface area (Å²) < 4.78 is 0. The molecule has 1 amide bonds. The minimum Gasteiger partial charge on any atom is -0.364 e. The van der Waals surface area contributed by atoms with Crippen LogP contribution in [0.15, 0.2) is 12.4 Å². The topological polar surface area (TPSA) is 84.1 Å². The zero-order chi connectivity index (χ0) is 13.0. The molecule has 0 bridgehead atoms. The largest absolute Gasteiger partial charge is 0.364 e. The first-order valence-corrected chi connectivity index (χ1v) is 6.32. The highest BCUT2D eigenvalue weighted by atomic mass is 16.1. The molecule has 18 heavy (non-hydrogen) atoms. The quantitative estimate of drug-likeness (QED) is 0.793. The van der Waals surface area contributed by atoms with E-state index in [1.807, 2.05) is 6.92 Å². The lowest BCUT2D eigenvalue weighted by molar-refractivity contribution is 0.0995. The second kappa shape index (κ2) is 5.77. The van der Waals surface area contributed by atoms with E-state index in [0.29, 0.717) is 11.9 Å². The lowest BCUT2D eigenvalue weighted by Gasteiger charge is -2.35. The molecule has 1 saturated heterocycles. The number of anilines is 1. The molecular formula is C12H19N5O. The molecule has 1 aromatic heterocycles. The molecule has 1 fully saturated rings. The van der Waals surface area contributed by atoms with E-state index in [0.717, 1.165) is 32.5 Å². The van der Waals surface area contributed by atoms with Gasteiger partial charge in [-0.05, 0) is 26.3 Å². The molecule has 0 spiro atoms. The average molecular weight is 249 g/mol. The summed E-state index contributed by atoms with van der Waals surface area (Å²) in [5, 5.41) is 3.36. The Balaban J connectivity index is 2.28. The van der Waals surface area contributed by atoms with Crippen molar-refractivity contribution in [3.8, 4) is 0 Å². The van der Waals surface area contributed by atoms with Crippen molar-refractivity contribution in [3.05, 3.63) is 18.1 Å². The van der Waals surface area contributed by atoms with Gasteiger partial charge < -0.3 is 16.0 Å². The smallest absolute Gasteiger partial charge is 0.271 e. The Hall–Kier alpha value is -1.69. The van der Waals surface area contributed by atoms with Crippen LogP contribution in [0.5, 0.6) is 0 Å². The van der Waals surface area contributed by atoms with Gasteiger partial charge in [0.2, 0.25) is 0 Å². The van der Waals surface area contributed by atoms with Crippen molar-refractivity contribution in [1.29, 1.82) is 0 Å². The summed E-state index contributed by atoms with van der Waals surface area (Å²) in [6.07, 6.45) is 5.32. The number of aromatic nitrogens is 2. The van der Waals surface area contributed by atoms with Gasteiger partial charge in [0.15, 0.2) is 11.5 Å². The molecule has 98 valence electrons. The highest BCUT2D eigenvalue weighted by Crippen LogP contribution is 2.20. The number of carbonyl (C=O) groups excluding carboxylic acids is 1. The Morgan fingerprint density at radius 3 is 2.94 bits per heavy atom. The molecule has 0 radical (unpaired) electrons. The maximum atomic E-state index is 11.4. The minimum absolute atomic E-state index is 0.255. The van der Waals surface area contributed by atoms with E-state index in [2.05, 4.69) is 20.2 Å². The molecule has 0 aliphatic carbocycles. The first kappa shape index (κ1) is 12.8. The van der Waals surface area contributed by atoms with E-state index < -0.39 is 5.91 Å². The van der Waals surface area contributed by atoms with Gasteiger partial charge in [-0.25, -0.2) is 9.97 Å². The Morgan fingerprint density at radius 1 is 1.56 bits per heavy atom. The number of amides is 1. The predicted octanol–water partition coefficient (Wildman–Crippen LogP) is 0.154.